The third-order valence-electron chi connectivity index (χ3n) is 3.80. The Hall–Kier alpha value is -2.93. The first-order chi connectivity index (χ1) is 13.7. The molecular formula is C16H18F4N4O5. The number of nitrogens with one attached hydrogen (secondary N) is 2. The molecule has 1 aliphatic heterocycles. The zero-order valence-corrected chi connectivity index (χ0v) is 14.9. The fourth-order valence-corrected chi connectivity index (χ4v) is 2.45. The number of hydrogen-bond donors (Lipinski definition) is 3. The highest BCUT2D eigenvalue weighted by Gasteiger charge is 2.26. The number of halogens is 4. The number of benzene rings is 1. The van der Waals surface area contributed by atoms with Crippen LogP contribution in [0.1, 0.15) is 0 Å². The maximum absolute atomic E-state index is 12.8. The highest BCUT2D eigenvalue weighted by Crippen LogP contribution is 2.32. The van der Waals surface area contributed by atoms with E-state index in [0.717, 1.165) is 6.07 Å². The van der Waals surface area contributed by atoms with Crippen LogP contribution in [0.3, 0.4) is 0 Å². The molecule has 9 nitrogen and oxygen atoms in total. The van der Waals surface area contributed by atoms with Gasteiger partial charge in [0.2, 0.25) is 5.91 Å². The van der Waals surface area contributed by atoms with Crippen molar-refractivity contribution >= 4 is 29.1 Å². The van der Waals surface area contributed by atoms with Gasteiger partial charge in [-0.1, -0.05) is 0 Å². The number of hydrogen-bond acceptors (Lipinski definition) is 6. The van der Waals surface area contributed by atoms with Crippen molar-refractivity contribution in [1.29, 1.82) is 0 Å². The van der Waals surface area contributed by atoms with E-state index in [4.69, 9.17) is 10.5 Å². The Morgan fingerprint density at radius 2 is 1.97 bits per heavy atom. The van der Waals surface area contributed by atoms with Crippen LogP contribution in [0, 0.1) is 0 Å². The monoisotopic (exact) mass is 422 g/mol. The number of ether oxygens (including phenoxy) is 2. The molecule has 1 aromatic carbocycles. The molecule has 3 amide bonds. The molecule has 0 bridgehead atoms. The first kappa shape index (κ1) is 22.4. The summed E-state index contributed by atoms with van der Waals surface area (Å²) in [5, 5.41) is 3.92. The van der Waals surface area contributed by atoms with Gasteiger partial charge in [0.15, 0.2) is 5.75 Å². The normalized spacial score (nSPS) is 15.4. The zero-order valence-electron chi connectivity index (χ0n) is 14.9. The van der Waals surface area contributed by atoms with Crippen LogP contribution in [0.5, 0.6) is 5.75 Å². The molecule has 4 N–H and O–H groups in total. The fourth-order valence-electron chi connectivity index (χ4n) is 2.45. The molecule has 0 radical (unpaired) electrons. The molecule has 1 atom stereocenters. The average molecular weight is 422 g/mol. The van der Waals surface area contributed by atoms with Gasteiger partial charge in [-0.25, -0.2) is 0 Å². The van der Waals surface area contributed by atoms with Crippen LogP contribution in [0.15, 0.2) is 18.2 Å². The molecule has 0 aliphatic carbocycles. The van der Waals surface area contributed by atoms with Gasteiger partial charge in [0.05, 0.1) is 12.3 Å². The maximum atomic E-state index is 12.8. The summed E-state index contributed by atoms with van der Waals surface area (Å²) in [4.78, 5) is 36.5. The highest BCUT2D eigenvalue weighted by atomic mass is 19.3. The van der Waals surface area contributed by atoms with E-state index < -0.39 is 49.1 Å². The van der Waals surface area contributed by atoms with E-state index in [-0.39, 0.29) is 31.1 Å². The predicted molar refractivity (Wildman–Crippen MR) is 91.9 cm³/mol. The van der Waals surface area contributed by atoms with Crippen molar-refractivity contribution in [3.63, 3.8) is 0 Å². The van der Waals surface area contributed by atoms with Gasteiger partial charge in [-0.2, -0.15) is 17.6 Å². The minimum Gasteiger partial charge on any atom is -0.433 e. The molecule has 1 fully saturated rings. The topological polar surface area (TPSA) is 123 Å². The van der Waals surface area contributed by atoms with E-state index in [9.17, 15) is 31.9 Å². The summed E-state index contributed by atoms with van der Waals surface area (Å²) < 4.78 is 59.6. The lowest BCUT2D eigenvalue weighted by molar-refractivity contribution is -0.134. The van der Waals surface area contributed by atoms with Gasteiger partial charge in [0, 0.05) is 24.8 Å². The van der Waals surface area contributed by atoms with Crippen LogP contribution >= 0.6 is 0 Å². The van der Waals surface area contributed by atoms with Gasteiger partial charge < -0.3 is 30.7 Å². The third kappa shape index (κ3) is 6.02. The summed E-state index contributed by atoms with van der Waals surface area (Å²) in [6.45, 7) is -3.50. The van der Waals surface area contributed by atoms with E-state index in [2.05, 4.69) is 10.1 Å². The molecule has 1 saturated heterocycles. The van der Waals surface area contributed by atoms with Crippen molar-refractivity contribution in [2.24, 2.45) is 5.73 Å². The van der Waals surface area contributed by atoms with E-state index in [1.165, 1.54) is 17.0 Å². The van der Waals surface area contributed by atoms with Gasteiger partial charge in [-0.3, -0.25) is 14.4 Å². The quantitative estimate of drug-likeness (QED) is 0.518. The van der Waals surface area contributed by atoms with Crippen molar-refractivity contribution in [3.8, 4) is 5.75 Å². The Labute approximate surface area is 162 Å². The van der Waals surface area contributed by atoms with Crippen molar-refractivity contribution in [3.05, 3.63) is 18.2 Å². The molecule has 0 aromatic heterocycles. The average Bonchev–Trinajstić information content (AvgIpc) is 2.67. The maximum Gasteiger partial charge on any atom is 0.387 e. The second kappa shape index (κ2) is 10.0. The van der Waals surface area contributed by atoms with E-state index in [1.54, 1.807) is 5.32 Å². The second-order valence-electron chi connectivity index (χ2n) is 5.74. The molecule has 0 unspecified atom stereocenters. The fraction of sp³-hybridized carbons (Fsp3) is 0.438. The Morgan fingerprint density at radius 1 is 1.24 bits per heavy atom. The predicted octanol–water partition coefficient (Wildman–Crippen LogP) is 0.298. The number of anilines is 2. The van der Waals surface area contributed by atoms with Crippen LogP contribution in [0.2, 0.25) is 0 Å². The molecule has 0 saturated carbocycles. The number of carbonyl (C=O) groups is 3. The standard InChI is InChI=1S/C16H18F4N4O5/c17-13(18)15(27)23-10(6-21)14(26)22-9-2-1-8(5-11(9)29-16(19)20)24-3-4-28-7-12(24)25/h1-2,5,10,13,16H,3-4,6-7,21H2,(H,22,26)(H,23,27)/t10-/m1/s1. The van der Waals surface area contributed by atoms with Gasteiger partial charge in [0.1, 0.15) is 12.6 Å². The lowest BCUT2D eigenvalue weighted by Gasteiger charge is -2.27. The molecule has 160 valence electrons. The van der Waals surface area contributed by atoms with Crippen molar-refractivity contribution in [2.45, 2.75) is 19.1 Å². The molecule has 0 spiro atoms. The molecule has 1 aromatic rings. The largest absolute Gasteiger partial charge is 0.433 e. The Kier molecular flexibility index (Phi) is 7.73. The summed E-state index contributed by atoms with van der Waals surface area (Å²) in [5.41, 5.74) is 5.30. The van der Waals surface area contributed by atoms with Crippen molar-refractivity contribution < 1.29 is 41.4 Å². The van der Waals surface area contributed by atoms with Crippen molar-refractivity contribution in [1.82, 2.24) is 5.32 Å². The third-order valence-corrected chi connectivity index (χ3v) is 3.80. The van der Waals surface area contributed by atoms with Crippen LogP contribution < -0.4 is 26.0 Å². The SMILES string of the molecule is NC[C@@H](NC(=O)C(F)F)C(=O)Nc1ccc(N2CCOCC2=O)cc1OC(F)F. The van der Waals surface area contributed by atoms with E-state index in [1.807, 2.05) is 0 Å². The molecule has 29 heavy (non-hydrogen) atoms. The smallest absolute Gasteiger partial charge is 0.387 e. The number of nitrogens with two attached hydrogens (primary N) is 1. The van der Waals surface area contributed by atoms with Gasteiger partial charge in [0.25, 0.3) is 11.8 Å². The second-order valence-corrected chi connectivity index (χ2v) is 5.74. The van der Waals surface area contributed by atoms with Gasteiger partial charge in [-0.05, 0) is 12.1 Å². The molecular weight excluding hydrogens is 404 g/mol. The van der Waals surface area contributed by atoms with Gasteiger partial charge in [-0.15, -0.1) is 0 Å². The van der Waals surface area contributed by atoms with E-state index >= 15 is 0 Å². The number of morpholine rings is 1. The number of nitrogens with zero attached hydrogens (tertiary/aromatic N) is 1. The lowest BCUT2D eigenvalue weighted by Crippen LogP contribution is -2.50. The highest BCUT2D eigenvalue weighted by molar-refractivity contribution is 6.00. The first-order valence-corrected chi connectivity index (χ1v) is 8.29. The van der Waals surface area contributed by atoms with Crippen LogP contribution in [-0.2, 0) is 19.1 Å². The van der Waals surface area contributed by atoms with Crippen LogP contribution in [0.4, 0.5) is 28.9 Å². The van der Waals surface area contributed by atoms with E-state index in [0.29, 0.717) is 0 Å². The Morgan fingerprint density at radius 3 is 2.55 bits per heavy atom. The summed E-state index contributed by atoms with van der Waals surface area (Å²) in [6, 6.07) is 2.14. The Bertz CT molecular complexity index is 765. The molecule has 2 rings (SSSR count). The molecule has 1 heterocycles. The summed E-state index contributed by atoms with van der Waals surface area (Å²) in [5.74, 6) is -3.59. The summed E-state index contributed by atoms with van der Waals surface area (Å²) in [7, 11) is 0. The molecule has 1 aliphatic rings. The lowest BCUT2D eigenvalue weighted by atomic mass is 10.2. The minimum absolute atomic E-state index is 0.175. The molecule has 13 heteroatoms. The van der Waals surface area contributed by atoms with Crippen molar-refractivity contribution in [2.75, 3.05) is 36.5 Å². The number of rotatable bonds is 8. The summed E-state index contributed by atoms with van der Waals surface area (Å²) in [6.07, 6.45) is -3.36. The zero-order chi connectivity index (χ0) is 21.6. The number of carbonyl (C=O) groups excluding carboxylic acids is 3. The Balaban J connectivity index is 2.22. The van der Waals surface area contributed by atoms with Gasteiger partial charge >= 0.3 is 13.0 Å². The number of alkyl halides is 4. The van der Waals surface area contributed by atoms with Crippen LogP contribution in [0.25, 0.3) is 0 Å². The minimum atomic E-state index is -3.36. The number of amides is 3. The van der Waals surface area contributed by atoms with Crippen LogP contribution in [-0.4, -0.2) is 63.1 Å². The first-order valence-electron chi connectivity index (χ1n) is 8.29. The summed E-state index contributed by atoms with van der Waals surface area (Å²) >= 11 is 0.